The van der Waals surface area contributed by atoms with Crippen molar-refractivity contribution in [1.29, 1.82) is 0 Å². The molecule has 0 aromatic heterocycles. The molecule has 0 bridgehead atoms. The number of hydrogen-bond acceptors (Lipinski definition) is 11. The molecule has 4 rings (SSSR count). The van der Waals surface area contributed by atoms with Gasteiger partial charge in [0, 0.05) is 40.7 Å². The Bertz CT molecular complexity index is 1380. The maximum atomic E-state index is 13.1. The highest BCUT2D eigenvalue weighted by molar-refractivity contribution is 5.91. The lowest BCUT2D eigenvalue weighted by Crippen LogP contribution is -2.46. The van der Waals surface area contributed by atoms with Crippen LogP contribution in [0.2, 0.25) is 0 Å². The van der Waals surface area contributed by atoms with Gasteiger partial charge in [-0.25, -0.2) is 4.79 Å². The van der Waals surface area contributed by atoms with Crippen molar-refractivity contribution >= 4 is 11.9 Å². The minimum atomic E-state index is -1.86. The third kappa shape index (κ3) is 4.53. The first-order valence-electron chi connectivity index (χ1n) is 12.6. The Morgan fingerprint density at radius 2 is 1.68 bits per heavy atom. The summed E-state index contributed by atoms with van der Waals surface area (Å²) in [5, 5.41) is 23.9. The van der Waals surface area contributed by atoms with Crippen molar-refractivity contribution < 1.29 is 53.0 Å². The minimum Gasteiger partial charge on any atom is -0.504 e. The SMILES string of the molecule is C/C=C(/C)C(=O)O[C@H]1c2cc(OC)c(OC)c(O)c2-c2c(cc3c(c2OC)OCO3)[C@H](OC(C)=O)[C@H](C)[C@]1(C)O. The van der Waals surface area contributed by atoms with E-state index in [9.17, 15) is 19.8 Å². The highest BCUT2D eigenvalue weighted by Gasteiger charge is 2.51. The lowest BCUT2D eigenvalue weighted by molar-refractivity contribution is -0.182. The summed E-state index contributed by atoms with van der Waals surface area (Å²) in [5.74, 6) is -1.68. The Hall–Kier alpha value is -4.12. The minimum absolute atomic E-state index is 0.0149. The number of aromatic hydroxyl groups is 1. The van der Waals surface area contributed by atoms with Crippen LogP contribution in [0.1, 0.15) is 58.0 Å². The lowest BCUT2D eigenvalue weighted by Gasteiger charge is -2.43. The number of phenolic OH excluding ortho intramolecular Hbond substituents is 1. The molecule has 0 amide bonds. The van der Waals surface area contributed by atoms with E-state index in [4.69, 9.17) is 33.2 Å². The van der Waals surface area contributed by atoms with Crippen molar-refractivity contribution in [3.8, 4) is 45.6 Å². The molecule has 0 spiro atoms. The van der Waals surface area contributed by atoms with Gasteiger partial charge in [-0.2, -0.15) is 0 Å². The predicted molar refractivity (Wildman–Crippen MR) is 142 cm³/mol. The molecule has 40 heavy (non-hydrogen) atoms. The molecule has 0 saturated carbocycles. The van der Waals surface area contributed by atoms with Gasteiger partial charge in [-0.15, -0.1) is 0 Å². The van der Waals surface area contributed by atoms with Gasteiger partial charge in [-0.1, -0.05) is 13.0 Å². The second kappa shape index (κ2) is 10.8. The Morgan fingerprint density at radius 1 is 1.00 bits per heavy atom. The highest BCUT2D eigenvalue weighted by Crippen LogP contribution is 2.61. The van der Waals surface area contributed by atoms with Crippen molar-refractivity contribution in [2.75, 3.05) is 28.1 Å². The molecule has 0 radical (unpaired) electrons. The van der Waals surface area contributed by atoms with Gasteiger partial charge in [0.1, 0.15) is 11.7 Å². The first-order chi connectivity index (χ1) is 18.9. The second-order valence-corrected chi connectivity index (χ2v) is 9.83. The Morgan fingerprint density at radius 3 is 2.25 bits per heavy atom. The number of methoxy groups -OCH3 is 3. The summed E-state index contributed by atoms with van der Waals surface area (Å²) < 4.78 is 39.9. The van der Waals surface area contributed by atoms with Gasteiger partial charge >= 0.3 is 11.9 Å². The molecule has 1 aliphatic heterocycles. The maximum absolute atomic E-state index is 13.1. The fourth-order valence-electron chi connectivity index (χ4n) is 5.15. The zero-order chi connectivity index (χ0) is 29.5. The van der Waals surface area contributed by atoms with Gasteiger partial charge in [0.2, 0.25) is 18.3 Å². The van der Waals surface area contributed by atoms with Crippen molar-refractivity contribution in [1.82, 2.24) is 0 Å². The molecule has 2 aliphatic rings. The zero-order valence-electron chi connectivity index (χ0n) is 23.7. The Kier molecular flexibility index (Phi) is 7.80. The number of rotatable bonds is 6. The molecule has 11 nitrogen and oxygen atoms in total. The van der Waals surface area contributed by atoms with Crippen LogP contribution in [0.25, 0.3) is 11.1 Å². The van der Waals surface area contributed by atoms with Gasteiger partial charge in [-0.05, 0) is 32.9 Å². The normalized spacial score (nSPS) is 23.2. The van der Waals surface area contributed by atoms with E-state index in [0.717, 1.165) is 0 Å². The predicted octanol–water partition coefficient (Wildman–Crippen LogP) is 4.37. The number of allylic oxidation sites excluding steroid dienone is 1. The summed E-state index contributed by atoms with van der Waals surface area (Å²) in [5.41, 5.74) is -0.618. The van der Waals surface area contributed by atoms with E-state index in [2.05, 4.69) is 0 Å². The lowest BCUT2D eigenvalue weighted by atomic mass is 9.71. The molecule has 216 valence electrons. The molecule has 1 aliphatic carbocycles. The van der Waals surface area contributed by atoms with Crippen LogP contribution < -0.4 is 23.7 Å². The highest BCUT2D eigenvalue weighted by atomic mass is 16.7. The number of carbonyl (C=O) groups is 2. The Balaban J connectivity index is 2.22. The summed E-state index contributed by atoms with van der Waals surface area (Å²) in [4.78, 5) is 25.5. The van der Waals surface area contributed by atoms with Gasteiger partial charge in [0.25, 0.3) is 0 Å². The van der Waals surface area contributed by atoms with Gasteiger partial charge in [0.05, 0.1) is 21.3 Å². The summed E-state index contributed by atoms with van der Waals surface area (Å²) in [7, 11) is 4.17. The molecule has 2 aromatic carbocycles. The number of carbonyl (C=O) groups excluding carboxylic acids is 2. The van der Waals surface area contributed by atoms with E-state index >= 15 is 0 Å². The molecule has 2 N–H and O–H groups in total. The number of phenols is 1. The summed E-state index contributed by atoms with van der Waals surface area (Å²) in [6, 6.07) is 3.15. The van der Waals surface area contributed by atoms with Crippen molar-refractivity contribution in [3.05, 3.63) is 34.9 Å². The monoisotopic (exact) mass is 558 g/mol. The topological polar surface area (TPSA) is 139 Å². The van der Waals surface area contributed by atoms with Gasteiger partial charge in [0.15, 0.2) is 29.1 Å². The molecular formula is C29H34O11. The van der Waals surface area contributed by atoms with Crippen LogP contribution in [-0.2, 0) is 19.1 Å². The molecule has 0 fully saturated rings. The number of ether oxygens (including phenoxy) is 7. The van der Waals surface area contributed by atoms with Crippen LogP contribution in [0.3, 0.4) is 0 Å². The van der Waals surface area contributed by atoms with Crippen LogP contribution in [0.15, 0.2) is 23.8 Å². The van der Waals surface area contributed by atoms with E-state index in [-0.39, 0.29) is 52.2 Å². The molecule has 2 aromatic rings. The number of esters is 2. The fourth-order valence-corrected chi connectivity index (χ4v) is 5.15. The molecule has 0 saturated heterocycles. The third-order valence-electron chi connectivity index (χ3n) is 7.55. The largest absolute Gasteiger partial charge is 0.504 e. The van der Waals surface area contributed by atoms with Crippen LogP contribution in [-0.4, -0.2) is 55.9 Å². The molecule has 0 unspecified atom stereocenters. The summed E-state index contributed by atoms with van der Waals surface area (Å²) >= 11 is 0. The van der Waals surface area contributed by atoms with E-state index in [1.54, 1.807) is 32.9 Å². The van der Waals surface area contributed by atoms with Crippen molar-refractivity contribution in [2.45, 2.75) is 52.4 Å². The second-order valence-electron chi connectivity index (χ2n) is 9.83. The molecule has 11 heteroatoms. The maximum Gasteiger partial charge on any atom is 0.334 e. The van der Waals surface area contributed by atoms with Crippen LogP contribution >= 0.6 is 0 Å². The number of benzene rings is 2. The van der Waals surface area contributed by atoms with E-state index in [1.807, 2.05) is 0 Å². The smallest absolute Gasteiger partial charge is 0.334 e. The third-order valence-corrected chi connectivity index (χ3v) is 7.55. The first-order valence-corrected chi connectivity index (χ1v) is 12.6. The first kappa shape index (κ1) is 28.9. The quantitative estimate of drug-likeness (QED) is 0.386. The standard InChI is InChI=1S/C29H34O11/c1-9-13(2)28(32)40-27-17-11-18(34-6)24(35-7)22(31)20(17)21-16(10-19-25(26(21)36-8)38-12-37-19)23(39-15(4)30)14(3)29(27,5)33/h9-11,14,23,27,31,33H,12H2,1-8H3/b13-9-/t14-,23+,27-,29-/m0/s1. The van der Waals surface area contributed by atoms with Crippen LogP contribution in [0.5, 0.6) is 34.5 Å². The van der Waals surface area contributed by atoms with Crippen molar-refractivity contribution in [2.24, 2.45) is 5.92 Å². The summed E-state index contributed by atoms with van der Waals surface area (Å²) in [6.07, 6.45) is -0.903. The van der Waals surface area contributed by atoms with Crippen molar-refractivity contribution in [3.63, 3.8) is 0 Å². The van der Waals surface area contributed by atoms with E-state index in [1.165, 1.54) is 41.2 Å². The average molecular weight is 559 g/mol. The van der Waals surface area contributed by atoms with E-state index in [0.29, 0.717) is 16.9 Å². The summed E-state index contributed by atoms with van der Waals surface area (Å²) in [6.45, 7) is 7.57. The Labute approximate surface area is 232 Å². The number of hydrogen-bond donors (Lipinski definition) is 2. The molecular weight excluding hydrogens is 524 g/mol. The van der Waals surface area contributed by atoms with Crippen LogP contribution in [0.4, 0.5) is 0 Å². The average Bonchev–Trinajstić information content (AvgIpc) is 3.40. The molecule has 1 heterocycles. The number of aliphatic hydroxyl groups is 1. The number of fused-ring (bicyclic) bond motifs is 4. The van der Waals surface area contributed by atoms with E-state index < -0.39 is 35.7 Å². The zero-order valence-corrected chi connectivity index (χ0v) is 23.7. The van der Waals surface area contributed by atoms with Gasteiger partial charge in [-0.3, -0.25) is 4.79 Å². The van der Waals surface area contributed by atoms with Gasteiger partial charge < -0.3 is 43.4 Å². The molecule has 4 atom stereocenters. The van der Waals surface area contributed by atoms with Crippen LogP contribution in [0, 0.1) is 5.92 Å². The fraction of sp³-hybridized carbons (Fsp3) is 0.448.